The van der Waals surface area contributed by atoms with Gasteiger partial charge in [-0.3, -0.25) is 9.59 Å². The molecule has 0 heterocycles. The SMILES string of the molecule is CCC(C)CC(=O)O.CCCCOC(C)=O. The topological polar surface area (TPSA) is 63.6 Å². The second-order valence-corrected chi connectivity index (χ2v) is 3.80. The minimum absolute atomic E-state index is 0.182. The molecule has 0 amide bonds. The third kappa shape index (κ3) is 18.7. The number of esters is 1. The minimum Gasteiger partial charge on any atom is -0.481 e. The van der Waals surface area contributed by atoms with Crippen LogP contribution in [0.2, 0.25) is 0 Å². The lowest BCUT2D eigenvalue weighted by Crippen LogP contribution is -2.02. The van der Waals surface area contributed by atoms with E-state index in [4.69, 9.17) is 5.11 Å². The van der Waals surface area contributed by atoms with E-state index >= 15 is 0 Å². The Morgan fingerprint density at radius 1 is 1.31 bits per heavy atom. The normalized spacial score (nSPS) is 11.0. The van der Waals surface area contributed by atoms with E-state index in [-0.39, 0.29) is 5.97 Å². The molecule has 0 radical (unpaired) electrons. The monoisotopic (exact) mass is 232 g/mol. The Hall–Kier alpha value is -1.06. The summed E-state index contributed by atoms with van der Waals surface area (Å²) in [5.41, 5.74) is 0. The van der Waals surface area contributed by atoms with E-state index in [9.17, 15) is 9.59 Å². The lowest BCUT2D eigenvalue weighted by molar-refractivity contribution is -0.141. The smallest absolute Gasteiger partial charge is 0.303 e. The van der Waals surface area contributed by atoms with E-state index in [2.05, 4.69) is 11.7 Å². The number of ether oxygens (including phenoxy) is 1. The summed E-state index contributed by atoms with van der Waals surface area (Å²) in [7, 11) is 0. The van der Waals surface area contributed by atoms with Crippen LogP contribution >= 0.6 is 0 Å². The molecule has 0 bridgehead atoms. The summed E-state index contributed by atoms with van der Waals surface area (Å²) in [5.74, 6) is -0.551. The molecule has 1 atom stereocenters. The highest BCUT2D eigenvalue weighted by molar-refractivity contribution is 5.66. The van der Waals surface area contributed by atoms with Gasteiger partial charge in [0.1, 0.15) is 0 Å². The molecule has 0 aromatic carbocycles. The van der Waals surface area contributed by atoms with Crippen LogP contribution in [0.25, 0.3) is 0 Å². The van der Waals surface area contributed by atoms with E-state index in [1.807, 2.05) is 13.8 Å². The largest absolute Gasteiger partial charge is 0.481 e. The molecule has 1 N–H and O–H groups in total. The van der Waals surface area contributed by atoms with Crippen LogP contribution in [0.3, 0.4) is 0 Å². The maximum atomic E-state index is 10.1. The fraction of sp³-hybridized carbons (Fsp3) is 0.833. The number of carboxylic acids is 1. The second kappa shape index (κ2) is 12.0. The van der Waals surface area contributed by atoms with Crippen molar-refractivity contribution < 1.29 is 19.4 Å². The van der Waals surface area contributed by atoms with E-state index < -0.39 is 5.97 Å². The zero-order valence-corrected chi connectivity index (χ0v) is 10.8. The van der Waals surface area contributed by atoms with Crippen molar-refractivity contribution in [3.8, 4) is 0 Å². The number of hydrogen-bond acceptors (Lipinski definition) is 3. The molecule has 16 heavy (non-hydrogen) atoms. The number of carbonyl (C=O) groups is 2. The van der Waals surface area contributed by atoms with Crippen molar-refractivity contribution in [3.63, 3.8) is 0 Å². The van der Waals surface area contributed by atoms with E-state index in [0.29, 0.717) is 18.9 Å². The molecule has 4 nitrogen and oxygen atoms in total. The Labute approximate surface area is 98.0 Å². The molecule has 0 aliphatic rings. The average Bonchev–Trinajstić information content (AvgIpc) is 2.17. The van der Waals surface area contributed by atoms with Crippen LogP contribution in [0.5, 0.6) is 0 Å². The van der Waals surface area contributed by atoms with Crippen molar-refractivity contribution in [2.45, 2.75) is 53.4 Å². The van der Waals surface area contributed by atoms with Crippen LogP contribution in [0.4, 0.5) is 0 Å². The number of unbranched alkanes of at least 4 members (excludes halogenated alkanes) is 1. The van der Waals surface area contributed by atoms with Crippen molar-refractivity contribution in [2.24, 2.45) is 5.92 Å². The van der Waals surface area contributed by atoms with Crippen molar-refractivity contribution in [1.82, 2.24) is 0 Å². The quantitative estimate of drug-likeness (QED) is 0.565. The molecule has 0 aromatic heterocycles. The number of carbonyl (C=O) groups excluding carboxylic acids is 1. The summed E-state index contributed by atoms with van der Waals surface area (Å²) < 4.78 is 4.64. The molecule has 0 saturated heterocycles. The molecule has 0 aliphatic carbocycles. The molecule has 0 fully saturated rings. The second-order valence-electron chi connectivity index (χ2n) is 3.80. The Balaban J connectivity index is 0. The van der Waals surface area contributed by atoms with Crippen molar-refractivity contribution in [1.29, 1.82) is 0 Å². The van der Waals surface area contributed by atoms with Gasteiger partial charge in [-0.25, -0.2) is 0 Å². The fourth-order valence-electron chi connectivity index (χ4n) is 0.803. The van der Waals surface area contributed by atoms with Crippen LogP contribution in [0.15, 0.2) is 0 Å². The molecule has 0 saturated carbocycles. The van der Waals surface area contributed by atoms with Crippen molar-refractivity contribution >= 4 is 11.9 Å². The van der Waals surface area contributed by atoms with Crippen LogP contribution in [-0.4, -0.2) is 23.7 Å². The number of aliphatic carboxylic acids is 1. The summed E-state index contributed by atoms with van der Waals surface area (Å²) in [5, 5.41) is 8.22. The van der Waals surface area contributed by atoms with Gasteiger partial charge in [0.2, 0.25) is 0 Å². The fourth-order valence-corrected chi connectivity index (χ4v) is 0.803. The molecule has 0 spiro atoms. The summed E-state index contributed by atoms with van der Waals surface area (Å²) in [4.78, 5) is 20.1. The Morgan fingerprint density at radius 2 is 1.88 bits per heavy atom. The van der Waals surface area contributed by atoms with Gasteiger partial charge in [-0.05, 0) is 12.3 Å². The van der Waals surface area contributed by atoms with Gasteiger partial charge in [-0.15, -0.1) is 0 Å². The van der Waals surface area contributed by atoms with Gasteiger partial charge in [0, 0.05) is 13.3 Å². The molecular formula is C12H24O4. The van der Waals surface area contributed by atoms with Gasteiger partial charge in [0.05, 0.1) is 6.61 Å². The zero-order chi connectivity index (χ0) is 13.0. The Bertz CT molecular complexity index is 189. The predicted molar refractivity (Wildman–Crippen MR) is 63.2 cm³/mol. The van der Waals surface area contributed by atoms with E-state index in [0.717, 1.165) is 19.3 Å². The first-order chi connectivity index (χ1) is 7.43. The molecule has 0 rings (SSSR count). The number of carboxylic acid groups (broad SMARTS) is 1. The summed E-state index contributed by atoms with van der Waals surface area (Å²) in [6.07, 6.45) is 3.30. The average molecular weight is 232 g/mol. The molecule has 1 unspecified atom stereocenters. The highest BCUT2D eigenvalue weighted by Crippen LogP contribution is 2.04. The third-order valence-electron chi connectivity index (χ3n) is 2.02. The minimum atomic E-state index is -0.695. The predicted octanol–water partition coefficient (Wildman–Crippen LogP) is 2.86. The van der Waals surface area contributed by atoms with Gasteiger partial charge in [-0.2, -0.15) is 0 Å². The molecule has 4 heteroatoms. The van der Waals surface area contributed by atoms with E-state index in [1.54, 1.807) is 0 Å². The third-order valence-corrected chi connectivity index (χ3v) is 2.02. The van der Waals surface area contributed by atoms with E-state index in [1.165, 1.54) is 6.92 Å². The molecule has 0 aromatic rings. The highest BCUT2D eigenvalue weighted by Gasteiger charge is 2.02. The maximum Gasteiger partial charge on any atom is 0.303 e. The number of hydrogen-bond donors (Lipinski definition) is 1. The standard InChI is InChI=1S/2C6H12O2/c1-3-5(2)4-6(7)8;1-3-4-5-8-6(2)7/h5H,3-4H2,1-2H3,(H,7,8);3-5H2,1-2H3. The van der Waals surface area contributed by atoms with Crippen LogP contribution < -0.4 is 0 Å². The molecular weight excluding hydrogens is 208 g/mol. The first-order valence-corrected chi connectivity index (χ1v) is 5.79. The molecule has 0 aliphatic heterocycles. The lowest BCUT2D eigenvalue weighted by atomic mass is 10.1. The summed E-state index contributed by atoms with van der Waals surface area (Å²) >= 11 is 0. The Morgan fingerprint density at radius 3 is 2.12 bits per heavy atom. The van der Waals surface area contributed by atoms with Crippen molar-refractivity contribution in [3.05, 3.63) is 0 Å². The van der Waals surface area contributed by atoms with Crippen molar-refractivity contribution in [2.75, 3.05) is 6.61 Å². The van der Waals surface area contributed by atoms with Gasteiger partial charge in [0.25, 0.3) is 0 Å². The summed E-state index contributed by atoms with van der Waals surface area (Å²) in [6.45, 7) is 7.99. The molecule has 96 valence electrons. The number of rotatable bonds is 6. The van der Waals surface area contributed by atoms with Crippen LogP contribution in [0, 0.1) is 5.92 Å². The zero-order valence-electron chi connectivity index (χ0n) is 10.8. The van der Waals surface area contributed by atoms with Crippen LogP contribution in [-0.2, 0) is 14.3 Å². The van der Waals surface area contributed by atoms with Crippen LogP contribution in [0.1, 0.15) is 53.4 Å². The van der Waals surface area contributed by atoms with Gasteiger partial charge in [0.15, 0.2) is 0 Å². The first-order valence-electron chi connectivity index (χ1n) is 5.79. The first kappa shape index (κ1) is 17.3. The lowest BCUT2D eigenvalue weighted by Gasteiger charge is -2.00. The summed E-state index contributed by atoms with van der Waals surface area (Å²) in [6, 6.07) is 0. The maximum absolute atomic E-state index is 10.1. The van der Waals surface area contributed by atoms with Gasteiger partial charge in [-0.1, -0.05) is 33.6 Å². The van der Waals surface area contributed by atoms with Gasteiger partial charge >= 0.3 is 11.9 Å². The highest BCUT2D eigenvalue weighted by atomic mass is 16.5. The van der Waals surface area contributed by atoms with Gasteiger partial charge < -0.3 is 9.84 Å². The Kier molecular flexibility index (Phi) is 13.0.